The van der Waals surface area contributed by atoms with E-state index in [2.05, 4.69) is 37.8 Å². The number of nitrogen functional groups attached to an aromatic ring is 1. The van der Waals surface area contributed by atoms with Crippen molar-refractivity contribution in [3.63, 3.8) is 0 Å². The molecule has 2 N–H and O–H groups in total. The molecule has 2 nitrogen and oxygen atoms in total. The van der Waals surface area contributed by atoms with Crippen LogP contribution < -0.4 is 10.6 Å². The monoisotopic (exact) mass is 190 g/mol. The molecule has 1 aromatic rings. The second-order valence-electron chi connectivity index (χ2n) is 4.33. The minimum Gasteiger partial charge on any atom is -0.398 e. The van der Waals surface area contributed by atoms with Gasteiger partial charge in [0.25, 0.3) is 0 Å². The van der Waals surface area contributed by atoms with Crippen LogP contribution in [0.2, 0.25) is 0 Å². The Morgan fingerprint density at radius 3 is 2.50 bits per heavy atom. The van der Waals surface area contributed by atoms with Crippen LogP contribution in [0, 0.1) is 13.8 Å². The molecule has 1 unspecified atom stereocenters. The molecule has 76 valence electrons. The van der Waals surface area contributed by atoms with Crippen LogP contribution in [0.4, 0.5) is 11.4 Å². The molecule has 0 spiro atoms. The summed E-state index contributed by atoms with van der Waals surface area (Å²) in [4.78, 5) is 2.42. The highest BCUT2D eigenvalue weighted by Crippen LogP contribution is 2.32. The Morgan fingerprint density at radius 2 is 2.00 bits per heavy atom. The Morgan fingerprint density at radius 1 is 1.29 bits per heavy atom. The van der Waals surface area contributed by atoms with Crippen LogP contribution in [0.25, 0.3) is 0 Å². The van der Waals surface area contributed by atoms with Gasteiger partial charge in [0.15, 0.2) is 0 Å². The molecule has 1 aliphatic heterocycles. The van der Waals surface area contributed by atoms with Gasteiger partial charge in [-0.2, -0.15) is 0 Å². The quantitative estimate of drug-likeness (QED) is 0.689. The smallest absolute Gasteiger partial charge is 0.0419 e. The summed E-state index contributed by atoms with van der Waals surface area (Å²) in [5, 5.41) is 0. The lowest BCUT2D eigenvalue weighted by Gasteiger charge is -2.41. The molecule has 0 saturated carbocycles. The van der Waals surface area contributed by atoms with Gasteiger partial charge in [0, 0.05) is 24.0 Å². The van der Waals surface area contributed by atoms with E-state index in [0.717, 1.165) is 5.69 Å². The average Bonchev–Trinajstić information content (AvgIpc) is 2.12. The lowest BCUT2D eigenvalue weighted by atomic mass is 10.00. The third-order valence-electron chi connectivity index (χ3n) is 3.21. The maximum absolute atomic E-state index is 5.92. The largest absolute Gasteiger partial charge is 0.398 e. The summed E-state index contributed by atoms with van der Waals surface area (Å²) in [6.07, 6.45) is 1.30. The molecule has 0 aliphatic carbocycles. The summed E-state index contributed by atoms with van der Waals surface area (Å²) in [6, 6.07) is 4.96. The van der Waals surface area contributed by atoms with Crippen molar-refractivity contribution in [1.82, 2.24) is 0 Å². The standard InChI is InChI=1S/C12H18N2/c1-8-6-9(2)12(7-11(8)13)14-5-4-10(14)3/h6-7,10H,4-5,13H2,1-3H3. The number of benzene rings is 1. The van der Waals surface area contributed by atoms with Gasteiger partial charge < -0.3 is 10.6 Å². The molecule has 1 atom stereocenters. The zero-order chi connectivity index (χ0) is 10.3. The summed E-state index contributed by atoms with van der Waals surface area (Å²) < 4.78 is 0. The highest BCUT2D eigenvalue weighted by Gasteiger charge is 2.24. The highest BCUT2D eigenvalue weighted by molar-refractivity contribution is 5.65. The molecule has 2 heteroatoms. The minimum absolute atomic E-state index is 0.677. The van der Waals surface area contributed by atoms with Gasteiger partial charge in [-0.25, -0.2) is 0 Å². The van der Waals surface area contributed by atoms with E-state index in [-0.39, 0.29) is 0 Å². The third-order valence-corrected chi connectivity index (χ3v) is 3.21. The van der Waals surface area contributed by atoms with Crippen molar-refractivity contribution in [2.75, 3.05) is 17.2 Å². The molecule has 0 bridgehead atoms. The van der Waals surface area contributed by atoms with Crippen molar-refractivity contribution in [3.05, 3.63) is 23.3 Å². The van der Waals surface area contributed by atoms with Crippen LogP contribution in [-0.2, 0) is 0 Å². The molecular weight excluding hydrogens is 172 g/mol. The molecule has 1 aliphatic rings. The van der Waals surface area contributed by atoms with E-state index in [9.17, 15) is 0 Å². The van der Waals surface area contributed by atoms with Crippen molar-refractivity contribution >= 4 is 11.4 Å². The van der Waals surface area contributed by atoms with E-state index < -0.39 is 0 Å². The second-order valence-corrected chi connectivity index (χ2v) is 4.33. The summed E-state index contributed by atoms with van der Waals surface area (Å²) in [5.74, 6) is 0. The van der Waals surface area contributed by atoms with E-state index >= 15 is 0 Å². The molecule has 1 fully saturated rings. The summed E-state index contributed by atoms with van der Waals surface area (Å²) >= 11 is 0. The van der Waals surface area contributed by atoms with Crippen LogP contribution in [-0.4, -0.2) is 12.6 Å². The van der Waals surface area contributed by atoms with Crippen molar-refractivity contribution in [1.29, 1.82) is 0 Å². The van der Waals surface area contributed by atoms with Gasteiger partial charge in [0.1, 0.15) is 0 Å². The Labute approximate surface area is 85.7 Å². The maximum Gasteiger partial charge on any atom is 0.0419 e. The highest BCUT2D eigenvalue weighted by atomic mass is 15.2. The van der Waals surface area contributed by atoms with Crippen LogP contribution in [0.15, 0.2) is 12.1 Å². The summed E-state index contributed by atoms with van der Waals surface area (Å²) in [7, 11) is 0. The molecular formula is C12H18N2. The maximum atomic E-state index is 5.92. The Balaban J connectivity index is 2.38. The van der Waals surface area contributed by atoms with Crippen molar-refractivity contribution in [3.8, 4) is 0 Å². The third kappa shape index (κ3) is 1.35. The average molecular weight is 190 g/mol. The van der Waals surface area contributed by atoms with Crippen LogP contribution in [0.1, 0.15) is 24.5 Å². The van der Waals surface area contributed by atoms with Gasteiger partial charge >= 0.3 is 0 Å². The Hall–Kier alpha value is -1.18. The Kier molecular flexibility index (Phi) is 2.14. The van der Waals surface area contributed by atoms with Gasteiger partial charge in [-0.05, 0) is 44.4 Å². The number of nitrogens with zero attached hydrogens (tertiary/aromatic N) is 1. The zero-order valence-electron chi connectivity index (χ0n) is 9.17. The minimum atomic E-state index is 0.677. The van der Waals surface area contributed by atoms with Crippen molar-refractivity contribution < 1.29 is 0 Å². The molecule has 1 heterocycles. The lowest BCUT2D eigenvalue weighted by molar-refractivity contribution is 0.480. The molecule has 1 saturated heterocycles. The number of aryl methyl sites for hydroxylation is 2. The lowest BCUT2D eigenvalue weighted by Crippen LogP contribution is -2.46. The van der Waals surface area contributed by atoms with Crippen LogP contribution in [0.3, 0.4) is 0 Å². The topological polar surface area (TPSA) is 29.3 Å². The van der Waals surface area contributed by atoms with Gasteiger partial charge in [-0.15, -0.1) is 0 Å². The van der Waals surface area contributed by atoms with E-state index in [0.29, 0.717) is 6.04 Å². The number of nitrogens with two attached hydrogens (primary N) is 1. The number of rotatable bonds is 1. The molecule has 2 rings (SSSR count). The molecule has 0 radical (unpaired) electrons. The van der Waals surface area contributed by atoms with Crippen molar-refractivity contribution in [2.24, 2.45) is 0 Å². The van der Waals surface area contributed by atoms with Gasteiger partial charge in [0.05, 0.1) is 0 Å². The first-order chi connectivity index (χ1) is 6.59. The van der Waals surface area contributed by atoms with Gasteiger partial charge in [-0.1, -0.05) is 6.07 Å². The molecule has 14 heavy (non-hydrogen) atoms. The predicted octanol–water partition coefficient (Wildman–Crippen LogP) is 2.48. The Bertz CT molecular complexity index is 358. The fourth-order valence-electron chi connectivity index (χ4n) is 2.04. The first-order valence-corrected chi connectivity index (χ1v) is 5.23. The predicted molar refractivity (Wildman–Crippen MR) is 61.8 cm³/mol. The van der Waals surface area contributed by atoms with E-state index in [4.69, 9.17) is 5.73 Å². The first-order valence-electron chi connectivity index (χ1n) is 5.23. The first kappa shape index (κ1) is 9.38. The number of hydrogen-bond acceptors (Lipinski definition) is 2. The normalized spacial score (nSPS) is 20.8. The van der Waals surface area contributed by atoms with E-state index in [1.165, 1.54) is 29.8 Å². The second kappa shape index (κ2) is 3.19. The summed E-state index contributed by atoms with van der Waals surface area (Å²) in [6.45, 7) is 7.65. The number of anilines is 2. The van der Waals surface area contributed by atoms with Gasteiger partial charge in [0.2, 0.25) is 0 Å². The fraction of sp³-hybridized carbons (Fsp3) is 0.500. The van der Waals surface area contributed by atoms with E-state index in [1.807, 2.05) is 0 Å². The fourth-order valence-corrected chi connectivity index (χ4v) is 2.04. The SMILES string of the molecule is Cc1cc(C)c(N2CCC2C)cc1N. The molecule has 1 aromatic carbocycles. The van der Waals surface area contributed by atoms with Crippen molar-refractivity contribution in [2.45, 2.75) is 33.2 Å². The van der Waals surface area contributed by atoms with Crippen LogP contribution >= 0.6 is 0 Å². The summed E-state index contributed by atoms with van der Waals surface area (Å²) in [5.41, 5.74) is 10.7. The molecule has 0 aromatic heterocycles. The number of hydrogen-bond donors (Lipinski definition) is 1. The molecule has 0 amide bonds. The van der Waals surface area contributed by atoms with E-state index in [1.54, 1.807) is 0 Å². The van der Waals surface area contributed by atoms with Gasteiger partial charge in [-0.3, -0.25) is 0 Å². The van der Waals surface area contributed by atoms with Crippen LogP contribution in [0.5, 0.6) is 0 Å². The zero-order valence-corrected chi connectivity index (χ0v) is 9.17.